The molecule has 3 rings (SSSR count). The van der Waals surface area contributed by atoms with E-state index in [4.69, 9.17) is 4.74 Å². The zero-order valence-corrected chi connectivity index (χ0v) is 19.2. The molecule has 0 spiro atoms. The number of aromatic nitrogens is 3. The van der Waals surface area contributed by atoms with E-state index in [1.54, 1.807) is 6.20 Å². The number of rotatable bonds is 8. The Morgan fingerprint density at radius 1 is 1.27 bits per heavy atom. The van der Waals surface area contributed by atoms with Crippen LogP contribution in [0.1, 0.15) is 62.6 Å². The van der Waals surface area contributed by atoms with E-state index in [1.807, 2.05) is 16.8 Å². The average molecular weight is 436 g/mol. The van der Waals surface area contributed by atoms with Gasteiger partial charge in [-0.1, -0.05) is 45.0 Å². The number of nitrogens with zero attached hydrogens (tertiary/aromatic N) is 3. The van der Waals surface area contributed by atoms with Crippen molar-refractivity contribution in [2.24, 2.45) is 5.92 Å². The summed E-state index contributed by atoms with van der Waals surface area (Å²) in [5.74, 6) is 1.18. The van der Waals surface area contributed by atoms with E-state index in [0.29, 0.717) is 30.8 Å². The second-order valence-electron chi connectivity index (χ2n) is 8.86. The summed E-state index contributed by atoms with van der Waals surface area (Å²) in [5, 5.41) is 14.6. The third-order valence-corrected chi connectivity index (χ3v) is 5.34. The fraction of sp³-hybridized carbons (Fsp3) is 0.591. The molecule has 2 N–H and O–H groups in total. The highest BCUT2D eigenvalue weighted by Gasteiger charge is 2.23. The summed E-state index contributed by atoms with van der Waals surface area (Å²) < 4.78 is 7.58. The molecular formula is C22H34ClN5O2. The maximum atomic E-state index is 12.6. The van der Waals surface area contributed by atoms with Crippen molar-refractivity contribution in [2.75, 3.05) is 26.2 Å². The SMILES string of the molecule is CC(C)COc1ccc(C(C)(C)CNC(=O)c2cn(C3CCNCC3)nn2)cc1.Cl. The van der Waals surface area contributed by atoms with Crippen LogP contribution in [0, 0.1) is 5.92 Å². The molecule has 30 heavy (non-hydrogen) atoms. The maximum Gasteiger partial charge on any atom is 0.273 e. The van der Waals surface area contributed by atoms with Crippen LogP contribution in [-0.2, 0) is 5.41 Å². The number of halogens is 1. The maximum absolute atomic E-state index is 12.6. The summed E-state index contributed by atoms with van der Waals surface area (Å²) in [7, 11) is 0. The van der Waals surface area contributed by atoms with Crippen molar-refractivity contribution in [3.63, 3.8) is 0 Å². The molecule has 0 atom stereocenters. The van der Waals surface area contributed by atoms with Crippen LogP contribution < -0.4 is 15.4 Å². The Hall–Kier alpha value is -2.12. The quantitative estimate of drug-likeness (QED) is 0.664. The first-order valence-corrected chi connectivity index (χ1v) is 10.5. The molecule has 1 aliphatic rings. The first kappa shape index (κ1) is 24.2. The molecule has 0 bridgehead atoms. The van der Waals surface area contributed by atoms with E-state index in [1.165, 1.54) is 0 Å². The van der Waals surface area contributed by atoms with Gasteiger partial charge in [0, 0.05) is 12.0 Å². The summed E-state index contributed by atoms with van der Waals surface area (Å²) in [6.45, 7) is 11.7. The molecule has 1 amide bonds. The zero-order valence-electron chi connectivity index (χ0n) is 18.4. The Balaban J connectivity index is 0.00000320. The van der Waals surface area contributed by atoms with Crippen molar-refractivity contribution in [1.29, 1.82) is 0 Å². The monoisotopic (exact) mass is 435 g/mol. The van der Waals surface area contributed by atoms with Crippen LogP contribution in [0.15, 0.2) is 30.5 Å². The number of hydrogen-bond acceptors (Lipinski definition) is 5. The second-order valence-corrected chi connectivity index (χ2v) is 8.86. The van der Waals surface area contributed by atoms with Gasteiger partial charge in [-0.2, -0.15) is 0 Å². The molecule has 0 saturated carbocycles. The minimum atomic E-state index is -0.211. The van der Waals surface area contributed by atoms with Crippen LogP contribution in [0.5, 0.6) is 5.75 Å². The Morgan fingerprint density at radius 2 is 1.93 bits per heavy atom. The summed E-state index contributed by atoms with van der Waals surface area (Å²) in [6, 6.07) is 8.43. The van der Waals surface area contributed by atoms with Crippen molar-refractivity contribution in [1.82, 2.24) is 25.6 Å². The minimum Gasteiger partial charge on any atom is -0.493 e. The van der Waals surface area contributed by atoms with Crippen LogP contribution >= 0.6 is 12.4 Å². The lowest BCUT2D eigenvalue weighted by molar-refractivity contribution is 0.0940. The van der Waals surface area contributed by atoms with Gasteiger partial charge < -0.3 is 15.4 Å². The van der Waals surface area contributed by atoms with Crippen LogP contribution in [0.25, 0.3) is 0 Å². The predicted octanol–water partition coefficient (Wildman–Crippen LogP) is 3.37. The van der Waals surface area contributed by atoms with Gasteiger partial charge >= 0.3 is 0 Å². The number of nitrogens with one attached hydrogen (secondary N) is 2. The molecule has 1 saturated heterocycles. The predicted molar refractivity (Wildman–Crippen MR) is 121 cm³/mol. The fourth-order valence-corrected chi connectivity index (χ4v) is 3.39. The molecule has 0 unspecified atom stereocenters. The van der Waals surface area contributed by atoms with E-state index in [2.05, 4.69) is 60.8 Å². The third-order valence-electron chi connectivity index (χ3n) is 5.34. The second kappa shape index (κ2) is 10.8. The van der Waals surface area contributed by atoms with E-state index >= 15 is 0 Å². The Morgan fingerprint density at radius 3 is 2.57 bits per heavy atom. The van der Waals surface area contributed by atoms with E-state index in [-0.39, 0.29) is 23.7 Å². The van der Waals surface area contributed by atoms with Crippen molar-refractivity contribution in [3.05, 3.63) is 41.7 Å². The van der Waals surface area contributed by atoms with Crippen LogP contribution in [0.2, 0.25) is 0 Å². The van der Waals surface area contributed by atoms with Gasteiger partial charge in [0.05, 0.1) is 18.8 Å². The highest BCUT2D eigenvalue weighted by molar-refractivity contribution is 5.91. The molecule has 1 aromatic heterocycles. The Labute approximate surface area is 185 Å². The van der Waals surface area contributed by atoms with Gasteiger partial charge in [-0.3, -0.25) is 4.79 Å². The van der Waals surface area contributed by atoms with Gasteiger partial charge in [-0.05, 0) is 49.5 Å². The van der Waals surface area contributed by atoms with Crippen LogP contribution in [0.3, 0.4) is 0 Å². The van der Waals surface area contributed by atoms with Gasteiger partial charge in [-0.25, -0.2) is 4.68 Å². The molecule has 8 heteroatoms. The van der Waals surface area contributed by atoms with Gasteiger partial charge in [0.2, 0.25) is 0 Å². The molecule has 1 aromatic carbocycles. The first-order chi connectivity index (χ1) is 13.8. The number of amides is 1. The molecule has 0 radical (unpaired) electrons. The molecule has 1 fully saturated rings. The molecule has 7 nitrogen and oxygen atoms in total. The summed E-state index contributed by atoms with van der Waals surface area (Å²) >= 11 is 0. The summed E-state index contributed by atoms with van der Waals surface area (Å²) in [6.07, 6.45) is 3.78. The first-order valence-electron chi connectivity index (χ1n) is 10.5. The van der Waals surface area contributed by atoms with Crippen molar-refractivity contribution in [3.8, 4) is 5.75 Å². The summed E-state index contributed by atoms with van der Waals surface area (Å²) in [5.41, 5.74) is 1.31. The fourth-order valence-electron chi connectivity index (χ4n) is 3.39. The molecule has 2 aromatic rings. The molecule has 1 aliphatic heterocycles. The lowest BCUT2D eigenvalue weighted by Crippen LogP contribution is -2.36. The topological polar surface area (TPSA) is 81.1 Å². The van der Waals surface area contributed by atoms with Gasteiger partial charge in [0.1, 0.15) is 5.75 Å². The largest absolute Gasteiger partial charge is 0.493 e. The van der Waals surface area contributed by atoms with Crippen LogP contribution in [-0.4, -0.2) is 47.1 Å². The standard InChI is InChI=1S/C22H33N5O2.ClH/c1-16(2)14-29-19-7-5-17(6-8-19)22(3,4)15-24-21(28)20-13-27(26-25-20)18-9-11-23-12-10-18;/h5-8,13,16,18,23H,9-12,14-15H2,1-4H3,(H,24,28);1H. The lowest BCUT2D eigenvalue weighted by Gasteiger charge is -2.25. The number of hydrogen-bond donors (Lipinski definition) is 2. The highest BCUT2D eigenvalue weighted by atomic mass is 35.5. The number of piperidine rings is 1. The summed E-state index contributed by atoms with van der Waals surface area (Å²) in [4.78, 5) is 12.6. The van der Waals surface area contributed by atoms with Gasteiger partial charge in [-0.15, -0.1) is 17.5 Å². The van der Waals surface area contributed by atoms with Crippen molar-refractivity contribution in [2.45, 2.75) is 52.0 Å². The van der Waals surface area contributed by atoms with E-state index < -0.39 is 0 Å². The molecule has 2 heterocycles. The van der Waals surface area contributed by atoms with Gasteiger partial charge in [0.15, 0.2) is 5.69 Å². The minimum absolute atomic E-state index is 0. The normalized spacial score (nSPS) is 15.0. The Kier molecular flexibility index (Phi) is 8.67. The zero-order chi connectivity index (χ0) is 20.9. The number of ether oxygens (including phenoxy) is 1. The number of carbonyl (C=O) groups is 1. The molecular weight excluding hydrogens is 402 g/mol. The molecule has 166 valence electrons. The number of carbonyl (C=O) groups excluding carboxylic acids is 1. The smallest absolute Gasteiger partial charge is 0.273 e. The van der Waals surface area contributed by atoms with Crippen molar-refractivity contribution < 1.29 is 9.53 Å². The van der Waals surface area contributed by atoms with E-state index in [0.717, 1.165) is 37.2 Å². The lowest BCUT2D eigenvalue weighted by atomic mass is 9.84. The van der Waals surface area contributed by atoms with E-state index in [9.17, 15) is 4.79 Å². The van der Waals surface area contributed by atoms with Gasteiger partial charge in [0.25, 0.3) is 5.91 Å². The Bertz CT molecular complexity index is 798. The van der Waals surface area contributed by atoms with Crippen molar-refractivity contribution >= 4 is 18.3 Å². The van der Waals surface area contributed by atoms with Crippen LogP contribution in [0.4, 0.5) is 0 Å². The molecule has 0 aliphatic carbocycles. The average Bonchev–Trinajstić information content (AvgIpc) is 3.22. The highest BCUT2D eigenvalue weighted by Crippen LogP contribution is 2.25. The number of benzene rings is 1. The third kappa shape index (κ3) is 6.44.